The van der Waals surface area contributed by atoms with Gasteiger partial charge in [-0.15, -0.1) is 13.2 Å². The molecule has 0 spiro atoms. The number of phenols is 1. The number of alkyl halides is 3. The number of phenolic OH excluding ortho intramolecular Hbond substituents is 1. The van der Waals surface area contributed by atoms with Crippen molar-refractivity contribution in [1.29, 1.82) is 0 Å². The standard InChI is InChI=1S/C21H21F3N4O5/c1-27(20(31)32-2)17-11-28(26-19(17)13-3-7-15(29)8-4-13)12-18(30)25-14-5-9-16(10-6-14)33-21(22,23)24/h3-10,17,29H,11-12H2,1-2H3,(H,25,30). The molecule has 1 aliphatic heterocycles. The molecule has 0 aliphatic carbocycles. The van der Waals surface area contributed by atoms with E-state index in [2.05, 4.69) is 15.2 Å². The molecule has 9 nitrogen and oxygen atoms in total. The largest absolute Gasteiger partial charge is 0.573 e. The van der Waals surface area contributed by atoms with Crippen LogP contribution in [0.2, 0.25) is 0 Å². The van der Waals surface area contributed by atoms with Crippen molar-refractivity contribution < 1.29 is 37.3 Å². The van der Waals surface area contributed by atoms with Crippen LogP contribution in [0.4, 0.5) is 23.7 Å². The number of hydrogen-bond donors (Lipinski definition) is 2. The summed E-state index contributed by atoms with van der Waals surface area (Å²) in [6, 6.07) is 10.4. The number of likely N-dealkylation sites (N-methyl/N-ethyl adjacent to an activating group) is 1. The third kappa shape index (κ3) is 6.28. The molecule has 1 heterocycles. The van der Waals surface area contributed by atoms with Gasteiger partial charge in [0.15, 0.2) is 0 Å². The Bertz CT molecular complexity index is 1030. The number of hydrazone groups is 1. The van der Waals surface area contributed by atoms with E-state index in [1.807, 2.05) is 0 Å². The van der Waals surface area contributed by atoms with Crippen LogP contribution in [0.1, 0.15) is 5.56 Å². The van der Waals surface area contributed by atoms with Gasteiger partial charge in [0, 0.05) is 18.3 Å². The lowest BCUT2D eigenvalue weighted by atomic mass is 10.0. The number of aromatic hydroxyl groups is 1. The molecule has 2 N–H and O–H groups in total. The summed E-state index contributed by atoms with van der Waals surface area (Å²) < 4.78 is 45.4. The van der Waals surface area contributed by atoms with Crippen molar-refractivity contribution in [1.82, 2.24) is 9.91 Å². The number of amides is 2. The summed E-state index contributed by atoms with van der Waals surface area (Å²) in [6.07, 6.45) is -5.39. The number of hydrogen-bond acceptors (Lipinski definition) is 7. The first-order valence-electron chi connectivity index (χ1n) is 9.65. The highest BCUT2D eigenvalue weighted by Gasteiger charge is 2.34. The number of carbonyl (C=O) groups is 2. The highest BCUT2D eigenvalue weighted by Crippen LogP contribution is 2.24. The number of carbonyl (C=O) groups excluding carboxylic acids is 2. The van der Waals surface area contributed by atoms with Crippen LogP contribution in [0.3, 0.4) is 0 Å². The summed E-state index contributed by atoms with van der Waals surface area (Å²) in [5, 5.41) is 18.0. The molecule has 0 saturated carbocycles. The summed E-state index contributed by atoms with van der Waals surface area (Å²) in [7, 11) is 2.79. The monoisotopic (exact) mass is 466 g/mol. The number of anilines is 1. The van der Waals surface area contributed by atoms with Gasteiger partial charge in [-0.05, 0) is 48.5 Å². The van der Waals surface area contributed by atoms with Crippen LogP contribution in [-0.4, -0.2) is 72.4 Å². The maximum atomic E-state index is 12.5. The number of halogens is 3. The van der Waals surface area contributed by atoms with Crippen LogP contribution in [0.15, 0.2) is 53.6 Å². The molecule has 33 heavy (non-hydrogen) atoms. The second-order valence-corrected chi connectivity index (χ2v) is 7.10. The zero-order valence-corrected chi connectivity index (χ0v) is 17.7. The van der Waals surface area contributed by atoms with E-state index in [4.69, 9.17) is 4.74 Å². The van der Waals surface area contributed by atoms with Crippen LogP contribution in [0.25, 0.3) is 0 Å². The van der Waals surface area contributed by atoms with Crippen molar-refractivity contribution in [2.75, 3.05) is 32.6 Å². The van der Waals surface area contributed by atoms with Crippen molar-refractivity contribution in [2.45, 2.75) is 12.4 Å². The summed E-state index contributed by atoms with van der Waals surface area (Å²) in [5.41, 5.74) is 1.43. The maximum Gasteiger partial charge on any atom is 0.573 e. The second kappa shape index (κ2) is 9.67. The summed E-state index contributed by atoms with van der Waals surface area (Å²) in [6.45, 7) is 0.0293. The molecule has 176 valence electrons. The first-order chi connectivity index (χ1) is 15.6. The fourth-order valence-electron chi connectivity index (χ4n) is 3.21. The van der Waals surface area contributed by atoms with Crippen molar-refractivity contribution in [2.24, 2.45) is 5.10 Å². The highest BCUT2D eigenvalue weighted by molar-refractivity contribution is 6.06. The highest BCUT2D eigenvalue weighted by atomic mass is 19.4. The quantitative estimate of drug-likeness (QED) is 0.679. The maximum absolute atomic E-state index is 12.5. The van der Waals surface area contributed by atoms with Crippen molar-refractivity contribution in [3.63, 3.8) is 0 Å². The average Bonchev–Trinajstić information content (AvgIpc) is 3.17. The number of nitrogens with one attached hydrogen (secondary N) is 1. The molecule has 2 aromatic rings. The van der Waals surface area contributed by atoms with E-state index in [9.17, 15) is 27.9 Å². The first-order valence-corrected chi connectivity index (χ1v) is 9.65. The minimum Gasteiger partial charge on any atom is -0.508 e. The molecule has 1 atom stereocenters. The van der Waals surface area contributed by atoms with Crippen LogP contribution in [-0.2, 0) is 9.53 Å². The Labute approximate surface area is 187 Å². The van der Waals surface area contributed by atoms with Crippen LogP contribution in [0.5, 0.6) is 11.5 Å². The van der Waals surface area contributed by atoms with Gasteiger partial charge in [-0.3, -0.25) is 9.80 Å². The smallest absolute Gasteiger partial charge is 0.508 e. The van der Waals surface area contributed by atoms with Crippen LogP contribution < -0.4 is 10.1 Å². The van der Waals surface area contributed by atoms with E-state index in [1.54, 1.807) is 19.2 Å². The minimum atomic E-state index is -4.80. The van der Waals surface area contributed by atoms with Crippen LogP contribution in [0, 0.1) is 0 Å². The summed E-state index contributed by atoms with van der Waals surface area (Å²) in [4.78, 5) is 25.9. The van der Waals surface area contributed by atoms with E-state index in [0.717, 1.165) is 12.1 Å². The van der Waals surface area contributed by atoms with Gasteiger partial charge in [0.25, 0.3) is 0 Å². The zero-order valence-electron chi connectivity index (χ0n) is 17.7. The fraction of sp³-hybridized carbons (Fsp3) is 0.286. The minimum absolute atomic E-state index is 0.0677. The Kier molecular flexibility index (Phi) is 6.95. The molecular weight excluding hydrogens is 445 g/mol. The molecule has 0 bridgehead atoms. The van der Waals surface area contributed by atoms with E-state index >= 15 is 0 Å². The summed E-state index contributed by atoms with van der Waals surface area (Å²) >= 11 is 0. The second-order valence-electron chi connectivity index (χ2n) is 7.10. The van der Waals surface area contributed by atoms with Crippen molar-refractivity contribution in [3.05, 3.63) is 54.1 Å². The lowest BCUT2D eigenvalue weighted by Gasteiger charge is -2.24. The van der Waals surface area contributed by atoms with Gasteiger partial charge in [-0.1, -0.05) is 0 Å². The van der Waals surface area contributed by atoms with E-state index in [1.165, 1.54) is 41.3 Å². The molecule has 1 unspecified atom stereocenters. The number of benzene rings is 2. The topological polar surface area (TPSA) is 104 Å². The predicted molar refractivity (Wildman–Crippen MR) is 112 cm³/mol. The van der Waals surface area contributed by atoms with Gasteiger partial charge in [0.05, 0.1) is 25.4 Å². The number of nitrogens with zero attached hydrogens (tertiary/aromatic N) is 3. The molecule has 1 aliphatic rings. The lowest BCUT2D eigenvalue weighted by molar-refractivity contribution is -0.274. The van der Waals surface area contributed by atoms with Gasteiger partial charge in [-0.25, -0.2) is 4.79 Å². The Balaban J connectivity index is 1.70. The zero-order chi connectivity index (χ0) is 24.2. The van der Waals surface area contributed by atoms with Gasteiger partial charge in [0.1, 0.15) is 18.0 Å². The fourth-order valence-corrected chi connectivity index (χ4v) is 3.21. The number of ether oxygens (including phenoxy) is 2. The molecule has 0 aromatic heterocycles. The Morgan fingerprint density at radius 2 is 1.82 bits per heavy atom. The van der Waals surface area contributed by atoms with Gasteiger partial charge < -0.3 is 24.8 Å². The van der Waals surface area contributed by atoms with E-state index in [-0.39, 0.29) is 24.5 Å². The normalized spacial score (nSPS) is 15.6. The molecule has 3 rings (SSSR count). The third-order valence-corrected chi connectivity index (χ3v) is 4.74. The molecule has 0 fully saturated rings. The summed E-state index contributed by atoms with van der Waals surface area (Å²) in [5.74, 6) is -0.801. The average molecular weight is 466 g/mol. The van der Waals surface area contributed by atoms with Gasteiger partial charge in [0.2, 0.25) is 5.91 Å². The van der Waals surface area contributed by atoms with Gasteiger partial charge in [-0.2, -0.15) is 5.10 Å². The molecular formula is C21H21F3N4O5. The molecule has 0 radical (unpaired) electrons. The number of methoxy groups -OCH3 is 1. The van der Waals surface area contributed by atoms with Crippen LogP contribution >= 0.6 is 0 Å². The number of rotatable bonds is 6. The van der Waals surface area contributed by atoms with Gasteiger partial charge >= 0.3 is 12.5 Å². The van der Waals surface area contributed by atoms with E-state index < -0.39 is 30.2 Å². The Morgan fingerprint density at radius 1 is 1.18 bits per heavy atom. The molecule has 2 aromatic carbocycles. The Hall–Kier alpha value is -3.96. The molecule has 2 amide bonds. The first kappa shape index (κ1) is 23.7. The molecule has 0 saturated heterocycles. The SMILES string of the molecule is COC(=O)N(C)C1CN(CC(=O)Nc2ccc(OC(F)(F)F)cc2)N=C1c1ccc(O)cc1. The predicted octanol–water partition coefficient (Wildman–Crippen LogP) is 3.02. The van der Waals surface area contributed by atoms with Crippen molar-refractivity contribution >= 4 is 23.4 Å². The molecule has 12 heteroatoms. The lowest BCUT2D eigenvalue weighted by Crippen LogP contribution is -2.44. The third-order valence-electron chi connectivity index (χ3n) is 4.74. The Morgan fingerprint density at radius 3 is 2.39 bits per heavy atom. The van der Waals surface area contributed by atoms with E-state index in [0.29, 0.717) is 11.3 Å². The van der Waals surface area contributed by atoms with Crippen molar-refractivity contribution in [3.8, 4) is 11.5 Å².